The molecule has 2 atom stereocenters. The Labute approximate surface area is 256 Å². The van der Waals surface area contributed by atoms with Gasteiger partial charge in [-0.2, -0.15) is 0 Å². The first-order valence-electron chi connectivity index (χ1n) is 15.2. The lowest BCUT2D eigenvalue weighted by Gasteiger charge is -2.27. The average Bonchev–Trinajstić information content (AvgIpc) is 3.56. The topological polar surface area (TPSA) is 119 Å². The van der Waals surface area contributed by atoms with Crippen molar-refractivity contribution in [2.24, 2.45) is 0 Å². The Hall–Kier alpha value is -4.18. The Morgan fingerprint density at radius 1 is 1.09 bits per heavy atom. The van der Waals surface area contributed by atoms with E-state index in [2.05, 4.69) is 10.6 Å². The van der Waals surface area contributed by atoms with E-state index in [9.17, 15) is 19.1 Å². The summed E-state index contributed by atoms with van der Waals surface area (Å²) in [7, 11) is 1.52. The van der Waals surface area contributed by atoms with Crippen LogP contribution in [0.1, 0.15) is 74.0 Å². The number of fused-ring (bicyclic) bond motifs is 1. The molecule has 2 amide bonds. The summed E-state index contributed by atoms with van der Waals surface area (Å²) in [5.41, 5.74) is -0.539. The van der Waals surface area contributed by atoms with Gasteiger partial charge in [0.2, 0.25) is 5.91 Å². The van der Waals surface area contributed by atoms with E-state index in [0.717, 1.165) is 38.5 Å². The number of aliphatic hydroxyl groups is 1. The van der Waals surface area contributed by atoms with Crippen molar-refractivity contribution >= 4 is 11.8 Å². The van der Waals surface area contributed by atoms with Crippen molar-refractivity contribution in [3.63, 3.8) is 0 Å². The molecule has 1 aliphatic heterocycles. The summed E-state index contributed by atoms with van der Waals surface area (Å²) in [6.07, 6.45) is 6.21. The Morgan fingerprint density at radius 2 is 1.82 bits per heavy atom. The number of carbonyl (C=O) groups excluding carboxylic acids is 2. The van der Waals surface area contributed by atoms with Crippen LogP contribution in [0.4, 0.5) is 4.39 Å². The number of benzene rings is 2. The number of amides is 2. The molecule has 1 aromatic heterocycles. The first-order chi connectivity index (χ1) is 21.1. The number of rotatable bonds is 10. The predicted octanol–water partition coefficient (Wildman–Crippen LogP) is 4.78. The SMILES string of the molecule is COc1cc(C(=O)NC[C@](C)(O)c2cc3c(c(-c4ccc(F)cc4)n2)OC[C@]3(C)C(=O)NC2CCCC2)ccc1OC1CC1. The van der Waals surface area contributed by atoms with Gasteiger partial charge in [0.1, 0.15) is 34.9 Å². The van der Waals surface area contributed by atoms with Crippen molar-refractivity contribution in [2.75, 3.05) is 20.3 Å². The average molecular weight is 604 g/mol. The molecule has 44 heavy (non-hydrogen) atoms. The van der Waals surface area contributed by atoms with Crippen LogP contribution in [0.5, 0.6) is 17.2 Å². The number of ether oxygens (including phenoxy) is 3. The molecular weight excluding hydrogens is 565 g/mol. The van der Waals surface area contributed by atoms with Crippen molar-refractivity contribution in [2.45, 2.75) is 75.5 Å². The summed E-state index contributed by atoms with van der Waals surface area (Å²) in [5.74, 6) is 0.491. The van der Waals surface area contributed by atoms with Gasteiger partial charge in [-0.25, -0.2) is 9.37 Å². The fraction of sp³-hybridized carbons (Fsp3) is 0.441. The number of pyridine rings is 1. The van der Waals surface area contributed by atoms with E-state index in [0.29, 0.717) is 39.6 Å². The summed E-state index contributed by atoms with van der Waals surface area (Å²) >= 11 is 0. The number of nitrogens with one attached hydrogen (secondary N) is 2. The molecule has 2 aromatic carbocycles. The van der Waals surface area contributed by atoms with E-state index in [1.165, 1.54) is 19.2 Å². The van der Waals surface area contributed by atoms with Crippen molar-refractivity contribution in [1.82, 2.24) is 15.6 Å². The number of nitrogens with zero attached hydrogens (tertiary/aromatic N) is 1. The number of methoxy groups -OCH3 is 1. The molecule has 6 rings (SSSR count). The summed E-state index contributed by atoms with van der Waals surface area (Å²) in [6.45, 7) is 3.30. The second-order valence-corrected chi connectivity index (χ2v) is 12.5. The van der Waals surface area contributed by atoms with Crippen LogP contribution in [0, 0.1) is 5.82 Å². The highest BCUT2D eigenvalue weighted by Crippen LogP contribution is 2.46. The van der Waals surface area contributed by atoms with Crippen LogP contribution in [0.2, 0.25) is 0 Å². The van der Waals surface area contributed by atoms with Crippen LogP contribution >= 0.6 is 0 Å². The lowest BCUT2D eigenvalue weighted by Crippen LogP contribution is -2.47. The molecule has 0 spiro atoms. The van der Waals surface area contributed by atoms with Crippen LogP contribution in [-0.4, -0.2) is 54.3 Å². The summed E-state index contributed by atoms with van der Waals surface area (Å²) in [4.78, 5) is 31.6. The van der Waals surface area contributed by atoms with Gasteiger partial charge in [-0.05, 0) is 88.1 Å². The fourth-order valence-corrected chi connectivity index (χ4v) is 5.78. The van der Waals surface area contributed by atoms with Crippen molar-refractivity contribution in [3.05, 3.63) is 71.2 Å². The quantitative estimate of drug-likeness (QED) is 0.305. The molecular formula is C34H38FN3O6. The molecule has 0 bridgehead atoms. The van der Waals surface area contributed by atoms with Crippen LogP contribution in [0.3, 0.4) is 0 Å². The lowest BCUT2D eigenvalue weighted by molar-refractivity contribution is -0.127. The highest BCUT2D eigenvalue weighted by atomic mass is 19.1. The van der Waals surface area contributed by atoms with E-state index in [-0.39, 0.29) is 36.9 Å². The molecule has 0 unspecified atom stereocenters. The molecule has 10 heteroatoms. The molecule has 0 radical (unpaired) electrons. The minimum atomic E-state index is -1.63. The van der Waals surface area contributed by atoms with Crippen LogP contribution < -0.4 is 24.8 Å². The molecule has 2 heterocycles. The second-order valence-electron chi connectivity index (χ2n) is 12.5. The maximum atomic E-state index is 13.8. The maximum Gasteiger partial charge on any atom is 0.251 e. The fourth-order valence-electron chi connectivity index (χ4n) is 5.78. The Bertz CT molecular complexity index is 1570. The predicted molar refractivity (Wildman–Crippen MR) is 161 cm³/mol. The number of carbonyl (C=O) groups is 2. The molecule has 3 N–H and O–H groups in total. The van der Waals surface area contributed by atoms with E-state index in [1.807, 2.05) is 6.92 Å². The summed E-state index contributed by atoms with van der Waals surface area (Å²) in [5, 5.41) is 17.7. The largest absolute Gasteiger partial charge is 0.493 e. The normalized spacial score (nSPS) is 20.8. The molecule has 9 nitrogen and oxygen atoms in total. The summed E-state index contributed by atoms with van der Waals surface area (Å²) < 4.78 is 31.2. The third-order valence-electron chi connectivity index (χ3n) is 8.77. The second kappa shape index (κ2) is 11.7. The lowest BCUT2D eigenvalue weighted by atomic mass is 9.81. The third kappa shape index (κ3) is 5.95. The smallest absolute Gasteiger partial charge is 0.251 e. The number of halogens is 1. The monoisotopic (exact) mass is 603 g/mol. The Morgan fingerprint density at radius 3 is 2.50 bits per heavy atom. The van der Waals surface area contributed by atoms with Crippen LogP contribution in [0.15, 0.2) is 48.5 Å². The minimum Gasteiger partial charge on any atom is -0.493 e. The van der Waals surface area contributed by atoms with Gasteiger partial charge in [0.15, 0.2) is 11.5 Å². The van der Waals surface area contributed by atoms with E-state index >= 15 is 0 Å². The van der Waals surface area contributed by atoms with Gasteiger partial charge in [0.05, 0.1) is 25.5 Å². The van der Waals surface area contributed by atoms with Gasteiger partial charge in [-0.3, -0.25) is 9.59 Å². The maximum absolute atomic E-state index is 13.8. The summed E-state index contributed by atoms with van der Waals surface area (Å²) in [6, 6.07) is 12.6. The molecule has 2 saturated carbocycles. The molecule has 232 valence electrons. The Kier molecular flexibility index (Phi) is 7.96. The highest BCUT2D eigenvalue weighted by Gasteiger charge is 2.46. The molecule has 2 fully saturated rings. The van der Waals surface area contributed by atoms with Crippen LogP contribution in [0.25, 0.3) is 11.3 Å². The van der Waals surface area contributed by atoms with Crippen molar-refractivity contribution in [1.29, 1.82) is 0 Å². The standard InChI is InChI=1S/C34H38FN3O6/c1-33(32(40)37-23-6-4-5-7-23)19-43-30-25(33)17-28(38-29(30)20-8-11-22(35)12-9-20)34(2,41)18-36-31(39)21-10-15-26(27(16-21)42-3)44-24-13-14-24/h8-12,15-17,23-24,41H,4-7,13-14,18-19H2,1-3H3,(H,36,39)(H,37,40)/t33-,34-/m0/s1. The minimum absolute atomic E-state index is 0.0986. The number of hydrogen-bond acceptors (Lipinski definition) is 7. The molecule has 0 saturated heterocycles. The van der Waals surface area contributed by atoms with Crippen molar-refractivity contribution in [3.8, 4) is 28.5 Å². The molecule has 3 aliphatic rings. The van der Waals surface area contributed by atoms with Gasteiger partial charge in [0, 0.05) is 22.7 Å². The van der Waals surface area contributed by atoms with Gasteiger partial charge in [-0.1, -0.05) is 12.8 Å². The van der Waals surface area contributed by atoms with E-state index in [4.69, 9.17) is 19.2 Å². The number of aromatic nitrogens is 1. The van der Waals surface area contributed by atoms with E-state index < -0.39 is 22.7 Å². The van der Waals surface area contributed by atoms with Crippen molar-refractivity contribution < 1.29 is 33.3 Å². The molecule has 2 aliphatic carbocycles. The Balaban J connectivity index is 1.29. The third-order valence-corrected chi connectivity index (χ3v) is 8.77. The van der Waals surface area contributed by atoms with Gasteiger partial charge in [0.25, 0.3) is 5.91 Å². The first-order valence-corrected chi connectivity index (χ1v) is 15.2. The van der Waals surface area contributed by atoms with Gasteiger partial charge < -0.3 is 30.0 Å². The van der Waals surface area contributed by atoms with Gasteiger partial charge in [-0.15, -0.1) is 0 Å². The number of hydrogen-bond donors (Lipinski definition) is 3. The van der Waals surface area contributed by atoms with Crippen LogP contribution in [-0.2, 0) is 15.8 Å². The zero-order valence-electron chi connectivity index (χ0n) is 25.2. The zero-order valence-corrected chi connectivity index (χ0v) is 25.2. The highest BCUT2D eigenvalue weighted by molar-refractivity contribution is 5.95. The zero-order chi connectivity index (χ0) is 31.1. The van der Waals surface area contributed by atoms with Gasteiger partial charge >= 0.3 is 0 Å². The molecule has 3 aromatic rings. The first kappa shape index (κ1) is 29.9. The van der Waals surface area contributed by atoms with E-state index in [1.54, 1.807) is 43.3 Å².